The van der Waals surface area contributed by atoms with Gasteiger partial charge in [0.15, 0.2) is 0 Å². The zero-order valence-corrected chi connectivity index (χ0v) is 14.8. The molecule has 7 nitrogen and oxygen atoms in total. The maximum Gasteiger partial charge on any atom is 0.289 e. The van der Waals surface area contributed by atoms with Crippen LogP contribution in [0, 0.1) is 5.41 Å². The highest BCUT2D eigenvalue weighted by Crippen LogP contribution is 2.39. The molecular weight excluding hydrogens is 340 g/mol. The maximum atomic E-state index is 8.21. The summed E-state index contributed by atoms with van der Waals surface area (Å²) in [6.07, 6.45) is 10.0. The molecule has 0 unspecified atom stereocenters. The molecule has 2 aromatic heterocycles. The maximum absolute atomic E-state index is 8.21. The standard InChI is InChI=1S/C20H20N6O/c21-19(27-20(22)25-13-4-5-13)12-3-6-16-14(7-12)15(8-24-16)18-10-23-9-17(26-18)11-1-2-11/h3,6-11,13,21,24H,1-2,4-5H2,(H2,22,25). The second kappa shape index (κ2) is 6.19. The van der Waals surface area contributed by atoms with Crippen LogP contribution in [-0.2, 0) is 4.74 Å². The number of H-pyrrole nitrogens is 1. The molecule has 0 amide bonds. The molecule has 2 aliphatic rings. The third-order valence-corrected chi connectivity index (χ3v) is 4.93. The van der Waals surface area contributed by atoms with Gasteiger partial charge in [-0.1, -0.05) is 0 Å². The van der Waals surface area contributed by atoms with E-state index in [9.17, 15) is 0 Å². The molecular formula is C20H20N6O. The Morgan fingerprint density at radius 1 is 1.22 bits per heavy atom. The number of amidine groups is 1. The van der Waals surface area contributed by atoms with Gasteiger partial charge in [0.2, 0.25) is 5.90 Å². The van der Waals surface area contributed by atoms with Gasteiger partial charge in [0, 0.05) is 40.3 Å². The number of aromatic nitrogens is 3. The van der Waals surface area contributed by atoms with Crippen LogP contribution >= 0.6 is 0 Å². The molecule has 4 N–H and O–H groups in total. The van der Waals surface area contributed by atoms with Crippen LogP contribution < -0.4 is 5.73 Å². The van der Waals surface area contributed by atoms with E-state index in [2.05, 4.69) is 15.0 Å². The summed E-state index contributed by atoms with van der Waals surface area (Å²) in [5, 5.41) is 9.18. The number of nitrogens with one attached hydrogen (secondary N) is 2. The van der Waals surface area contributed by atoms with Crippen molar-refractivity contribution in [1.29, 1.82) is 5.41 Å². The number of hydrogen-bond donors (Lipinski definition) is 3. The van der Waals surface area contributed by atoms with Crippen molar-refractivity contribution in [3.05, 3.63) is 48.0 Å². The van der Waals surface area contributed by atoms with Crippen molar-refractivity contribution in [2.45, 2.75) is 37.6 Å². The monoisotopic (exact) mass is 360 g/mol. The van der Waals surface area contributed by atoms with Crippen LogP contribution in [0.25, 0.3) is 22.2 Å². The van der Waals surface area contributed by atoms with Crippen LogP contribution in [0.3, 0.4) is 0 Å². The Hall–Kier alpha value is -3.22. The molecule has 5 rings (SSSR count). The van der Waals surface area contributed by atoms with Gasteiger partial charge in [-0.25, -0.2) is 9.98 Å². The second-order valence-corrected chi connectivity index (χ2v) is 7.20. The van der Waals surface area contributed by atoms with Crippen LogP contribution in [-0.4, -0.2) is 32.9 Å². The highest BCUT2D eigenvalue weighted by Gasteiger charge is 2.26. The lowest BCUT2D eigenvalue weighted by atomic mass is 10.1. The van der Waals surface area contributed by atoms with E-state index in [1.165, 1.54) is 12.8 Å². The van der Waals surface area contributed by atoms with Crippen molar-refractivity contribution in [3.8, 4) is 11.3 Å². The van der Waals surface area contributed by atoms with Gasteiger partial charge in [0.1, 0.15) is 0 Å². The Kier molecular flexibility index (Phi) is 3.67. The van der Waals surface area contributed by atoms with Gasteiger partial charge in [-0.3, -0.25) is 10.4 Å². The zero-order valence-electron chi connectivity index (χ0n) is 14.8. The SMILES string of the molecule is N=C(OC(N)=NC1CC1)c1ccc2[nH]cc(-c3cncc(C4CC4)n3)c2c1. The number of rotatable bonds is 4. The number of benzene rings is 1. The molecule has 2 heterocycles. The number of nitrogens with zero attached hydrogens (tertiary/aromatic N) is 3. The van der Waals surface area contributed by atoms with Crippen LogP contribution in [0.2, 0.25) is 0 Å². The number of fused-ring (bicyclic) bond motifs is 1. The van der Waals surface area contributed by atoms with Crippen LogP contribution in [0.15, 0.2) is 41.8 Å². The van der Waals surface area contributed by atoms with Crippen molar-refractivity contribution in [2.24, 2.45) is 10.7 Å². The second-order valence-electron chi connectivity index (χ2n) is 7.20. The molecule has 3 aromatic rings. The minimum atomic E-state index is -0.0104. The fourth-order valence-corrected chi connectivity index (χ4v) is 3.13. The highest BCUT2D eigenvalue weighted by atomic mass is 16.5. The summed E-state index contributed by atoms with van der Waals surface area (Å²) in [4.78, 5) is 16.6. The third-order valence-electron chi connectivity index (χ3n) is 4.93. The van der Waals surface area contributed by atoms with Crippen molar-refractivity contribution in [3.63, 3.8) is 0 Å². The minimum Gasteiger partial charge on any atom is -0.407 e. The fourth-order valence-electron chi connectivity index (χ4n) is 3.13. The minimum absolute atomic E-state index is 0.0104. The molecule has 0 spiro atoms. The van der Waals surface area contributed by atoms with Gasteiger partial charge in [-0.15, -0.1) is 0 Å². The average molecular weight is 360 g/mol. The Labute approximate surface area is 156 Å². The first-order valence-electron chi connectivity index (χ1n) is 9.21. The quantitative estimate of drug-likeness (QED) is 0.489. The van der Waals surface area contributed by atoms with Crippen molar-refractivity contribution >= 4 is 22.8 Å². The Balaban J connectivity index is 1.47. The van der Waals surface area contributed by atoms with E-state index in [0.717, 1.165) is 40.7 Å². The van der Waals surface area contributed by atoms with Crippen molar-refractivity contribution in [1.82, 2.24) is 15.0 Å². The molecule has 0 atom stereocenters. The van der Waals surface area contributed by atoms with Gasteiger partial charge >= 0.3 is 0 Å². The molecule has 0 bridgehead atoms. The molecule has 0 saturated heterocycles. The number of hydrogen-bond acceptors (Lipinski definition) is 5. The van der Waals surface area contributed by atoms with Gasteiger partial charge in [-0.2, -0.15) is 0 Å². The van der Waals surface area contributed by atoms with Gasteiger partial charge in [0.25, 0.3) is 6.02 Å². The zero-order chi connectivity index (χ0) is 18.4. The Bertz CT molecular complexity index is 1060. The summed E-state index contributed by atoms with van der Waals surface area (Å²) in [6, 6.07) is 5.99. The molecule has 2 aliphatic carbocycles. The molecule has 27 heavy (non-hydrogen) atoms. The summed E-state index contributed by atoms with van der Waals surface area (Å²) in [5.41, 5.74) is 10.3. The van der Waals surface area contributed by atoms with E-state index in [4.69, 9.17) is 20.9 Å². The lowest BCUT2D eigenvalue weighted by molar-refractivity contribution is 0.528. The molecule has 7 heteroatoms. The summed E-state index contributed by atoms with van der Waals surface area (Å²) in [5.74, 6) is 0.539. The first-order valence-corrected chi connectivity index (χ1v) is 9.21. The van der Waals surface area contributed by atoms with E-state index >= 15 is 0 Å². The summed E-state index contributed by atoms with van der Waals surface area (Å²) in [7, 11) is 0. The fraction of sp³-hybridized carbons (Fsp3) is 0.300. The van der Waals surface area contributed by atoms with Crippen molar-refractivity contribution in [2.75, 3.05) is 0 Å². The summed E-state index contributed by atoms with van der Waals surface area (Å²) >= 11 is 0. The summed E-state index contributed by atoms with van der Waals surface area (Å²) < 4.78 is 5.39. The number of nitrogens with two attached hydrogens (primary N) is 1. The predicted molar refractivity (Wildman–Crippen MR) is 104 cm³/mol. The van der Waals surface area contributed by atoms with E-state index in [1.54, 1.807) is 6.20 Å². The molecule has 136 valence electrons. The van der Waals surface area contributed by atoms with E-state index in [1.807, 2.05) is 30.6 Å². The first kappa shape index (κ1) is 16.0. The Morgan fingerprint density at radius 3 is 2.85 bits per heavy atom. The van der Waals surface area contributed by atoms with Gasteiger partial charge < -0.3 is 15.5 Å². The van der Waals surface area contributed by atoms with Crippen LogP contribution in [0.5, 0.6) is 0 Å². The summed E-state index contributed by atoms with van der Waals surface area (Å²) in [6.45, 7) is 0. The van der Waals surface area contributed by atoms with Gasteiger partial charge in [0.05, 0.1) is 23.6 Å². The average Bonchev–Trinajstić information content (AvgIpc) is 3.60. The predicted octanol–water partition coefficient (Wildman–Crippen LogP) is 3.32. The van der Waals surface area contributed by atoms with Crippen LogP contribution in [0.1, 0.15) is 42.9 Å². The Morgan fingerprint density at radius 2 is 2.07 bits per heavy atom. The van der Waals surface area contributed by atoms with E-state index < -0.39 is 0 Å². The normalized spacial score (nSPS) is 17.3. The largest absolute Gasteiger partial charge is 0.407 e. The molecule has 2 fully saturated rings. The van der Waals surface area contributed by atoms with Crippen LogP contribution in [0.4, 0.5) is 0 Å². The lowest BCUT2D eigenvalue weighted by Crippen LogP contribution is -2.21. The first-order chi connectivity index (χ1) is 13.2. The number of ether oxygens (including phenoxy) is 1. The van der Waals surface area contributed by atoms with Crippen molar-refractivity contribution < 1.29 is 4.74 Å². The van der Waals surface area contributed by atoms with E-state index in [0.29, 0.717) is 11.5 Å². The lowest BCUT2D eigenvalue weighted by Gasteiger charge is -2.07. The van der Waals surface area contributed by atoms with Gasteiger partial charge in [-0.05, 0) is 43.9 Å². The molecule has 2 saturated carbocycles. The number of aromatic amines is 1. The molecule has 0 aliphatic heterocycles. The van der Waals surface area contributed by atoms with E-state index in [-0.39, 0.29) is 18.0 Å². The molecule has 0 radical (unpaired) electrons. The third kappa shape index (κ3) is 3.28. The number of aliphatic imine (C=N–C) groups is 1. The smallest absolute Gasteiger partial charge is 0.289 e. The highest BCUT2D eigenvalue weighted by molar-refractivity contribution is 6.04. The molecule has 1 aromatic carbocycles. The topological polar surface area (TPSA) is 113 Å².